The Kier molecular flexibility index (Phi) is 4.32. The van der Waals surface area contributed by atoms with Crippen LogP contribution < -0.4 is 9.57 Å². The number of likely N-dealkylation sites (tertiary alicyclic amines) is 1. The molecule has 1 aromatic rings. The third-order valence-electron chi connectivity index (χ3n) is 5.97. The summed E-state index contributed by atoms with van der Waals surface area (Å²) in [7, 11) is 0. The zero-order chi connectivity index (χ0) is 20.0. The van der Waals surface area contributed by atoms with Gasteiger partial charge in [-0.15, -0.1) is 4.90 Å². The number of rotatable bonds is 3. The van der Waals surface area contributed by atoms with Gasteiger partial charge in [-0.05, 0) is 37.3 Å². The second kappa shape index (κ2) is 7.01. The lowest BCUT2D eigenvalue weighted by Crippen LogP contribution is -2.35. The molecule has 0 spiro atoms. The van der Waals surface area contributed by atoms with Gasteiger partial charge in [-0.2, -0.15) is 4.67 Å². The number of allylic oxidation sites excluding steroid dienone is 1. The van der Waals surface area contributed by atoms with Crippen molar-refractivity contribution >= 4 is 29.2 Å². The second-order valence-electron chi connectivity index (χ2n) is 7.79. The molecule has 2 amide bonds. The third kappa shape index (κ3) is 2.98. The smallest absolute Gasteiger partial charge is 0.339 e. The molecule has 4 aliphatic heterocycles. The average Bonchev–Trinajstić information content (AvgIpc) is 3.33. The molecule has 0 saturated carbocycles. The lowest BCUT2D eigenvalue weighted by Gasteiger charge is -2.27. The number of aromatic nitrogens is 1. The van der Waals surface area contributed by atoms with E-state index in [-0.39, 0.29) is 11.8 Å². The highest BCUT2D eigenvalue weighted by Crippen LogP contribution is 2.31. The molecule has 1 aromatic heterocycles. The van der Waals surface area contributed by atoms with Gasteiger partial charge >= 0.3 is 11.7 Å². The summed E-state index contributed by atoms with van der Waals surface area (Å²) in [6.07, 6.45) is 12.2. The molecule has 29 heavy (non-hydrogen) atoms. The molecular weight excluding hydrogens is 366 g/mol. The van der Waals surface area contributed by atoms with Gasteiger partial charge < -0.3 is 9.80 Å². The first-order valence-corrected chi connectivity index (χ1v) is 10.4. The molecule has 0 aliphatic carbocycles. The van der Waals surface area contributed by atoms with Gasteiger partial charge in [-0.3, -0.25) is 4.79 Å². The van der Waals surface area contributed by atoms with Gasteiger partial charge in [0.05, 0.1) is 17.3 Å². The summed E-state index contributed by atoms with van der Waals surface area (Å²) in [5, 5.41) is 0. The molecule has 7 nitrogen and oxygen atoms in total. The SMILES string of the molecule is CCC1=[N+]=C2C=C(N3CCc4cc(C(=O)N5CCCCC5)cnc43)C=CN2C1=O. The van der Waals surface area contributed by atoms with Crippen LogP contribution in [0.25, 0.3) is 0 Å². The van der Waals surface area contributed by atoms with Gasteiger partial charge in [0.15, 0.2) is 0 Å². The van der Waals surface area contributed by atoms with Crippen molar-refractivity contribution in [3.05, 3.63) is 47.4 Å². The van der Waals surface area contributed by atoms with E-state index in [1.165, 1.54) is 6.42 Å². The lowest BCUT2D eigenvalue weighted by molar-refractivity contribution is -0.118. The van der Waals surface area contributed by atoms with Crippen LogP contribution in [0.15, 0.2) is 36.3 Å². The third-order valence-corrected chi connectivity index (χ3v) is 5.97. The van der Waals surface area contributed by atoms with Crippen molar-refractivity contribution in [1.29, 1.82) is 0 Å². The van der Waals surface area contributed by atoms with Gasteiger partial charge in [0.1, 0.15) is 12.0 Å². The highest BCUT2D eigenvalue weighted by Gasteiger charge is 2.40. The van der Waals surface area contributed by atoms with Crippen LogP contribution in [0.3, 0.4) is 0 Å². The monoisotopic (exact) mass is 390 g/mol. The van der Waals surface area contributed by atoms with Crippen LogP contribution in [-0.2, 0) is 11.2 Å². The molecule has 0 aromatic carbocycles. The standard InChI is InChI=1S/C22H24N5O2/c1-2-18-22(29)27-11-7-17(13-19(27)24-18)26-10-6-15-12-16(14-23-20(15)26)21(28)25-8-4-3-5-9-25/h7,11-14H,2-6,8-10H2,1H3/q+1. The van der Waals surface area contributed by atoms with Gasteiger partial charge in [0, 0.05) is 38.3 Å². The van der Waals surface area contributed by atoms with Crippen LogP contribution in [-0.4, -0.2) is 57.8 Å². The maximum absolute atomic E-state index is 12.8. The quantitative estimate of drug-likeness (QED) is 0.736. The normalized spacial score (nSPS) is 20.4. The van der Waals surface area contributed by atoms with Crippen LogP contribution in [0.2, 0.25) is 0 Å². The van der Waals surface area contributed by atoms with Crippen molar-refractivity contribution in [2.45, 2.75) is 39.0 Å². The number of hydrogen-bond donors (Lipinski definition) is 0. The van der Waals surface area contributed by atoms with E-state index in [1.807, 2.05) is 30.0 Å². The van der Waals surface area contributed by atoms with Crippen molar-refractivity contribution < 1.29 is 9.59 Å². The van der Waals surface area contributed by atoms with E-state index in [4.69, 9.17) is 0 Å². The Morgan fingerprint density at radius 3 is 2.83 bits per heavy atom. The summed E-state index contributed by atoms with van der Waals surface area (Å²) in [6, 6.07) is 2.00. The van der Waals surface area contributed by atoms with Crippen LogP contribution >= 0.6 is 0 Å². The number of amidine groups is 1. The van der Waals surface area contributed by atoms with E-state index in [0.29, 0.717) is 23.5 Å². The highest BCUT2D eigenvalue weighted by atomic mass is 16.2. The molecule has 0 unspecified atom stereocenters. The Morgan fingerprint density at radius 2 is 2.03 bits per heavy atom. The molecular formula is C22H24N5O2+. The molecule has 4 aliphatic rings. The zero-order valence-corrected chi connectivity index (χ0v) is 16.6. The minimum atomic E-state index is -0.0464. The maximum Gasteiger partial charge on any atom is 0.399 e. The topological polar surface area (TPSA) is 70.9 Å². The van der Waals surface area contributed by atoms with Gasteiger partial charge in [-0.1, -0.05) is 6.92 Å². The number of carbonyl (C=O) groups excluding carboxylic acids is 2. The van der Waals surface area contributed by atoms with Crippen molar-refractivity contribution in [2.75, 3.05) is 24.5 Å². The number of piperidine rings is 1. The molecule has 1 fully saturated rings. The number of carbonyl (C=O) groups is 2. The van der Waals surface area contributed by atoms with Crippen LogP contribution in [0, 0.1) is 0 Å². The Bertz CT molecular complexity index is 1030. The first-order valence-electron chi connectivity index (χ1n) is 10.4. The fourth-order valence-corrected chi connectivity index (χ4v) is 4.37. The van der Waals surface area contributed by atoms with E-state index in [2.05, 4.69) is 14.6 Å². The van der Waals surface area contributed by atoms with E-state index in [1.54, 1.807) is 17.3 Å². The zero-order valence-electron chi connectivity index (χ0n) is 16.6. The summed E-state index contributed by atoms with van der Waals surface area (Å²) in [5.74, 6) is 1.59. The molecule has 5 heterocycles. The van der Waals surface area contributed by atoms with Crippen LogP contribution in [0.4, 0.5) is 5.82 Å². The number of amides is 2. The van der Waals surface area contributed by atoms with Gasteiger partial charge in [-0.25, -0.2) is 9.78 Å². The molecule has 0 bridgehead atoms. The number of hydrogen-bond acceptors (Lipinski definition) is 4. The Morgan fingerprint density at radius 1 is 1.21 bits per heavy atom. The number of nitrogens with zero attached hydrogens (tertiary/aromatic N) is 5. The van der Waals surface area contributed by atoms with Crippen molar-refractivity contribution in [1.82, 2.24) is 19.5 Å². The predicted octanol–water partition coefficient (Wildman–Crippen LogP) is 1.64. The van der Waals surface area contributed by atoms with Crippen LogP contribution in [0.1, 0.15) is 48.5 Å². The largest absolute Gasteiger partial charge is 0.399 e. The average molecular weight is 390 g/mol. The Labute approximate surface area is 169 Å². The summed E-state index contributed by atoms with van der Waals surface area (Å²) >= 11 is 0. The molecule has 7 heteroatoms. The minimum absolute atomic E-state index is 0.0464. The van der Waals surface area contributed by atoms with Gasteiger partial charge in [0.25, 0.3) is 11.6 Å². The van der Waals surface area contributed by atoms with Crippen molar-refractivity contribution in [3.8, 4) is 0 Å². The van der Waals surface area contributed by atoms with Gasteiger partial charge in [0.2, 0.25) is 0 Å². The fourth-order valence-electron chi connectivity index (χ4n) is 4.37. The summed E-state index contributed by atoms with van der Waals surface area (Å²) < 4.78 is 4.46. The predicted molar refractivity (Wildman–Crippen MR) is 112 cm³/mol. The van der Waals surface area contributed by atoms with Crippen LogP contribution in [0.5, 0.6) is 0 Å². The maximum atomic E-state index is 12.8. The first-order chi connectivity index (χ1) is 14.2. The second-order valence-corrected chi connectivity index (χ2v) is 7.79. The Hall–Kier alpha value is -3.18. The summed E-state index contributed by atoms with van der Waals surface area (Å²) in [5.41, 5.74) is 3.32. The molecule has 5 rings (SSSR count). The van der Waals surface area contributed by atoms with E-state index < -0.39 is 0 Å². The lowest BCUT2D eigenvalue weighted by atomic mass is 10.1. The molecule has 148 valence electrons. The van der Waals surface area contributed by atoms with E-state index >= 15 is 0 Å². The van der Waals surface area contributed by atoms with Crippen molar-refractivity contribution in [3.63, 3.8) is 0 Å². The number of pyridine rings is 1. The fraction of sp³-hybridized carbons (Fsp3) is 0.409. The molecule has 0 radical (unpaired) electrons. The van der Waals surface area contributed by atoms with E-state index in [0.717, 1.165) is 56.0 Å². The highest BCUT2D eigenvalue weighted by molar-refractivity contribution is 6.45. The number of anilines is 1. The first kappa shape index (κ1) is 17.9. The minimum Gasteiger partial charge on any atom is -0.339 e. The van der Waals surface area contributed by atoms with Crippen molar-refractivity contribution in [2.24, 2.45) is 0 Å². The molecule has 1 saturated heterocycles. The summed E-state index contributed by atoms with van der Waals surface area (Å²) in [4.78, 5) is 35.4. The molecule has 0 N–H and O–H groups in total. The van der Waals surface area contributed by atoms with E-state index in [9.17, 15) is 9.59 Å². The summed E-state index contributed by atoms with van der Waals surface area (Å²) in [6.45, 7) is 4.42. The molecule has 0 atom stereocenters. The number of fused-ring (bicyclic) bond motifs is 2. The Balaban J connectivity index is 1.40.